The fourth-order valence-electron chi connectivity index (χ4n) is 3.04. The Balaban J connectivity index is 1.58. The first-order valence-corrected chi connectivity index (χ1v) is 10.1. The summed E-state index contributed by atoms with van der Waals surface area (Å²) in [5.41, 5.74) is 1.77. The molecule has 0 saturated heterocycles. The topological polar surface area (TPSA) is 93.7 Å². The second-order valence-electron chi connectivity index (χ2n) is 6.95. The Morgan fingerprint density at radius 2 is 1.56 bits per heavy atom. The van der Waals surface area contributed by atoms with Crippen LogP contribution in [0.1, 0.15) is 28.4 Å². The minimum atomic E-state index is -0.604. The summed E-state index contributed by atoms with van der Waals surface area (Å²) in [4.78, 5) is 37.2. The molecule has 2 N–H and O–H groups in total. The molecular weight excluding hydrogens is 408 g/mol. The molecule has 0 saturated carbocycles. The van der Waals surface area contributed by atoms with E-state index in [1.807, 2.05) is 36.4 Å². The number of benzene rings is 3. The van der Waals surface area contributed by atoms with Gasteiger partial charge in [0.2, 0.25) is 0 Å². The van der Waals surface area contributed by atoms with Crippen molar-refractivity contribution in [2.45, 2.75) is 12.5 Å². The van der Waals surface area contributed by atoms with Crippen molar-refractivity contribution in [3.63, 3.8) is 0 Å². The Morgan fingerprint density at radius 1 is 0.875 bits per heavy atom. The van der Waals surface area contributed by atoms with Gasteiger partial charge in [0.1, 0.15) is 5.75 Å². The number of anilines is 1. The van der Waals surface area contributed by atoms with Crippen molar-refractivity contribution in [2.24, 2.45) is 0 Å². The maximum atomic E-state index is 12.6. The van der Waals surface area contributed by atoms with Crippen molar-refractivity contribution in [1.82, 2.24) is 5.32 Å². The largest absolute Gasteiger partial charge is 0.497 e. The number of hydrogen-bond acceptors (Lipinski definition) is 5. The molecule has 0 bridgehead atoms. The van der Waals surface area contributed by atoms with Gasteiger partial charge in [-0.25, -0.2) is 0 Å². The highest BCUT2D eigenvalue weighted by molar-refractivity contribution is 5.95. The highest BCUT2D eigenvalue weighted by Crippen LogP contribution is 2.19. The van der Waals surface area contributed by atoms with Gasteiger partial charge in [0.15, 0.2) is 6.61 Å². The standard InChI is InChI=1S/C25H24N2O5/c1-31-21-14-8-13-20(15-21)26-23(28)17-32-24(29)16-22(18-9-4-2-5-10-18)27-25(30)19-11-6-3-7-12-19/h2-15,22H,16-17H2,1H3,(H,26,28)(H,27,30)/t22-/m1/s1. The third-order valence-corrected chi connectivity index (χ3v) is 4.63. The second-order valence-corrected chi connectivity index (χ2v) is 6.95. The SMILES string of the molecule is COc1cccc(NC(=O)COC(=O)C[C@@H](NC(=O)c2ccccc2)c2ccccc2)c1. The third-order valence-electron chi connectivity index (χ3n) is 4.63. The third kappa shape index (κ3) is 6.70. The van der Waals surface area contributed by atoms with Gasteiger partial charge in [-0.05, 0) is 29.8 Å². The Bertz CT molecular complexity index is 1050. The lowest BCUT2D eigenvalue weighted by atomic mass is 10.0. The van der Waals surface area contributed by atoms with Gasteiger partial charge >= 0.3 is 5.97 Å². The first-order valence-electron chi connectivity index (χ1n) is 10.1. The number of rotatable bonds is 9. The van der Waals surface area contributed by atoms with E-state index in [2.05, 4.69) is 10.6 Å². The van der Waals surface area contributed by atoms with E-state index in [1.54, 1.807) is 48.5 Å². The number of nitrogens with one attached hydrogen (secondary N) is 2. The van der Waals surface area contributed by atoms with Crippen LogP contribution in [0.4, 0.5) is 5.69 Å². The fraction of sp³-hybridized carbons (Fsp3) is 0.160. The molecule has 2 amide bonds. The fourth-order valence-corrected chi connectivity index (χ4v) is 3.04. The van der Waals surface area contributed by atoms with E-state index < -0.39 is 24.5 Å². The maximum Gasteiger partial charge on any atom is 0.308 e. The number of esters is 1. The van der Waals surface area contributed by atoms with E-state index in [0.717, 1.165) is 5.56 Å². The van der Waals surface area contributed by atoms with Crippen LogP contribution in [0.2, 0.25) is 0 Å². The van der Waals surface area contributed by atoms with Crippen molar-refractivity contribution < 1.29 is 23.9 Å². The Kier molecular flexibility index (Phi) is 7.97. The average Bonchev–Trinajstić information content (AvgIpc) is 2.83. The molecule has 3 aromatic carbocycles. The first-order chi connectivity index (χ1) is 15.5. The molecule has 1 atom stereocenters. The lowest BCUT2D eigenvalue weighted by molar-refractivity contribution is -0.147. The molecule has 0 aliphatic rings. The zero-order valence-electron chi connectivity index (χ0n) is 17.6. The van der Waals surface area contributed by atoms with Gasteiger partial charge in [-0.2, -0.15) is 0 Å². The minimum Gasteiger partial charge on any atom is -0.497 e. The summed E-state index contributed by atoms with van der Waals surface area (Å²) in [6.07, 6.45) is -0.116. The van der Waals surface area contributed by atoms with Crippen molar-refractivity contribution in [3.05, 3.63) is 96.1 Å². The average molecular weight is 432 g/mol. The molecule has 0 aliphatic heterocycles. The number of methoxy groups -OCH3 is 1. The van der Waals surface area contributed by atoms with E-state index in [9.17, 15) is 14.4 Å². The molecule has 3 rings (SSSR count). The Morgan fingerprint density at radius 3 is 2.25 bits per heavy atom. The summed E-state index contributed by atoms with van der Waals surface area (Å²) < 4.78 is 10.3. The van der Waals surface area contributed by atoms with Gasteiger partial charge in [0, 0.05) is 17.3 Å². The van der Waals surface area contributed by atoms with Gasteiger partial charge in [-0.15, -0.1) is 0 Å². The molecule has 0 aromatic heterocycles. The molecule has 7 nitrogen and oxygen atoms in total. The smallest absolute Gasteiger partial charge is 0.308 e. The van der Waals surface area contributed by atoms with E-state index in [4.69, 9.17) is 9.47 Å². The van der Waals surface area contributed by atoms with Crippen LogP contribution in [0.3, 0.4) is 0 Å². The van der Waals surface area contributed by atoms with Crippen molar-refractivity contribution in [2.75, 3.05) is 19.0 Å². The van der Waals surface area contributed by atoms with Gasteiger partial charge < -0.3 is 20.1 Å². The monoisotopic (exact) mass is 432 g/mol. The number of carbonyl (C=O) groups excluding carboxylic acids is 3. The molecular formula is C25H24N2O5. The van der Waals surface area contributed by atoms with Crippen molar-refractivity contribution in [3.8, 4) is 5.75 Å². The summed E-state index contributed by atoms with van der Waals surface area (Å²) in [5, 5.41) is 5.51. The van der Waals surface area contributed by atoms with Crippen LogP contribution in [0, 0.1) is 0 Å². The molecule has 0 radical (unpaired) electrons. The minimum absolute atomic E-state index is 0.116. The maximum absolute atomic E-state index is 12.6. The number of hydrogen-bond donors (Lipinski definition) is 2. The first kappa shape index (κ1) is 22.6. The predicted octanol–water partition coefficient (Wildman–Crippen LogP) is 3.74. The van der Waals surface area contributed by atoms with Gasteiger partial charge in [-0.1, -0.05) is 54.6 Å². The molecule has 3 aromatic rings. The summed E-state index contributed by atoms with van der Waals surface area (Å²) in [7, 11) is 1.53. The highest BCUT2D eigenvalue weighted by Gasteiger charge is 2.20. The van der Waals surface area contributed by atoms with Crippen molar-refractivity contribution in [1.29, 1.82) is 0 Å². The molecule has 32 heavy (non-hydrogen) atoms. The molecule has 0 heterocycles. The number of amides is 2. The molecule has 0 unspecified atom stereocenters. The van der Waals surface area contributed by atoms with Crippen LogP contribution in [-0.4, -0.2) is 31.5 Å². The lowest BCUT2D eigenvalue weighted by Gasteiger charge is -2.19. The Labute approximate surface area is 186 Å². The van der Waals surface area contributed by atoms with Crippen LogP contribution >= 0.6 is 0 Å². The van der Waals surface area contributed by atoms with Gasteiger partial charge in [0.25, 0.3) is 11.8 Å². The van der Waals surface area contributed by atoms with E-state index >= 15 is 0 Å². The molecule has 164 valence electrons. The van der Waals surface area contributed by atoms with Crippen LogP contribution in [-0.2, 0) is 14.3 Å². The van der Waals surface area contributed by atoms with Crippen LogP contribution in [0.25, 0.3) is 0 Å². The van der Waals surface area contributed by atoms with Gasteiger partial charge in [-0.3, -0.25) is 14.4 Å². The quantitative estimate of drug-likeness (QED) is 0.503. The van der Waals surface area contributed by atoms with Crippen LogP contribution < -0.4 is 15.4 Å². The van der Waals surface area contributed by atoms with Crippen LogP contribution in [0.5, 0.6) is 5.75 Å². The van der Waals surface area contributed by atoms with E-state index in [0.29, 0.717) is 17.0 Å². The second kappa shape index (κ2) is 11.3. The summed E-state index contributed by atoms with van der Waals surface area (Å²) in [5.74, 6) is -0.785. The zero-order chi connectivity index (χ0) is 22.8. The molecule has 0 spiro atoms. The highest BCUT2D eigenvalue weighted by atomic mass is 16.5. The predicted molar refractivity (Wildman–Crippen MR) is 120 cm³/mol. The van der Waals surface area contributed by atoms with Crippen molar-refractivity contribution >= 4 is 23.5 Å². The molecule has 0 fully saturated rings. The van der Waals surface area contributed by atoms with Gasteiger partial charge in [0.05, 0.1) is 19.6 Å². The number of carbonyl (C=O) groups is 3. The zero-order valence-corrected chi connectivity index (χ0v) is 17.6. The Hall–Kier alpha value is -4.13. The van der Waals surface area contributed by atoms with Crippen LogP contribution in [0.15, 0.2) is 84.9 Å². The molecule has 7 heteroatoms. The summed E-state index contributed by atoms with van der Waals surface area (Å²) in [6.45, 7) is -0.440. The lowest BCUT2D eigenvalue weighted by Crippen LogP contribution is -2.31. The number of ether oxygens (including phenoxy) is 2. The molecule has 0 aliphatic carbocycles. The van der Waals surface area contributed by atoms with E-state index in [1.165, 1.54) is 7.11 Å². The van der Waals surface area contributed by atoms with E-state index in [-0.39, 0.29) is 12.3 Å². The summed E-state index contributed by atoms with van der Waals surface area (Å²) in [6, 6.07) is 24.1. The summed E-state index contributed by atoms with van der Waals surface area (Å²) >= 11 is 0. The normalized spacial score (nSPS) is 11.2.